The van der Waals surface area contributed by atoms with Crippen LogP contribution in [0.4, 0.5) is 10.5 Å². The van der Waals surface area contributed by atoms with Crippen LogP contribution in [0.2, 0.25) is 0 Å². The molecule has 0 aliphatic carbocycles. The quantitative estimate of drug-likeness (QED) is 0.715. The Morgan fingerprint density at radius 2 is 1.68 bits per heavy atom. The van der Waals surface area contributed by atoms with Gasteiger partial charge in [-0.05, 0) is 44.7 Å². The van der Waals surface area contributed by atoms with Gasteiger partial charge >= 0.3 is 6.03 Å². The number of urea groups is 1. The highest BCUT2D eigenvalue weighted by molar-refractivity contribution is 5.77. The van der Waals surface area contributed by atoms with Crippen LogP contribution in [0, 0.1) is 6.92 Å². The Bertz CT molecular complexity index is 655. The zero-order valence-corrected chi connectivity index (χ0v) is 17.0. The Hall–Kier alpha value is -2.28. The van der Waals surface area contributed by atoms with Gasteiger partial charge in [0.25, 0.3) is 0 Å². The topological polar surface area (TPSA) is 76.7 Å². The normalized spacial score (nSPS) is 21.2. The maximum absolute atomic E-state index is 12.5. The number of nitrogens with zero attached hydrogens (tertiary/aromatic N) is 2. The van der Waals surface area contributed by atoms with Gasteiger partial charge in [-0.25, -0.2) is 4.79 Å². The number of amides is 3. The second-order valence-electron chi connectivity index (χ2n) is 7.96. The van der Waals surface area contributed by atoms with E-state index >= 15 is 0 Å². The summed E-state index contributed by atoms with van der Waals surface area (Å²) in [7, 11) is 1.66. The predicted octanol–water partition coefficient (Wildman–Crippen LogP) is 1.47. The highest BCUT2D eigenvalue weighted by atomic mass is 16.2. The average molecular weight is 388 g/mol. The number of carbonyl (C=O) groups is 2. The molecule has 0 radical (unpaired) electrons. The third-order valence-electron chi connectivity index (χ3n) is 5.72. The van der Waals surface area contributed by atoms with Crippen LogP contribution in [0.3, 0.4) is 0 Å². The van der Waals surface area contributed by atoms with Crippen LogP contribution in [0.25, 0.3) is 0 Å². The number of likely N-dealkylation sites (tertiary alicyclic amines) is 1. The molecule has 1 aromatic rings. The maximum Gasteiger partial charge on any atom is 0.315 e. The van der Waals surface area contributed by atoms with Gasteiger partial charge in [0.2, 0.25) is 5.91 Å². The van der Waals surface area contributed by atoms with E-state index in [4.69, 9.17) is 0 Å². The molecule has 0 aromatic heterocycles. The molecule has 1 atom stereocenters. The third kappa shape index (κ3) is 5.86. The molecule has 2 heterocycles. The number of likely N-dealkylation sites (N-methyl/N-ethyl adjacent to an activating group) is 1. The smallest absolute Gasteiger partial charge is 0.315 e. The fourth-order valence-electron chi connectivity index (χ4n) is 4.02. The standard InChI is InChI=1S/C21H33N5O2/c1-16-5-7-19(8-6-16)26-11-3-4-18(14-26)24-21(28)23-17-9-12-25(13-10-17)15-20(27)22-2/h5-8,17-18H,3-4,9-15H2,1-2H3,(H,22,27)(H2,23,24,28). The second kappa shape index (κ2) is 9.78. The average Bonchev–Trinajstić information content (AvgIpc) is 2.70. The molecule has 3 amide bonds. The molecule has 2 saturated heterocycles. The summed E-state index contributed by atoms with van der Waals surface area (Å²) >= 11 is 0. The molecule has 1 unspecified atom stereocenters. The monoisotopic (exact) mass is 387 g/mol. The minimum absolute atomic E-state index is 0.0413. The fourth-order valence-corrected chi connectivity index (χ4v) is 4.02. The van der Waals surface area contributed by atoms with Crippen molar-refractivity contribution < 1.29 is 9.59 Å². The summed E-state index contributed by atoms with van der Waals surface area (Å²) in [6, 6.07) is 8.86. The number of rotatable bonds is 5. The first-order chi connectivity index (χ1) is 13.5. The van der Waals surface area contributed by atoms with Gasteiger partial charge in [0.05, 0.1) is 6.54 Å². The number of hydrogen-bond donors (Lipinski definition) is 3. The van der Waals surface area contributed by atoms with E-state index in [2.05, 4.69) is 56.9 Å². The Balaban J connectivity index is 1.41. The largest absolute Gasteiger partial charge is 0.369 e. The van der Waals surface area contributed by atoms with Crippen molar-refractivity contribution >= 4 is 17.6 Å². The van der Waals surface area contributed by atoms with Gasteiger partial charge in [-0.3, -0.25) is 9.69 Å². The highest BCUT2D eigenvalue weighted by Crippen LogP contribution is 2.20. The lowest BCUT2D eigenvalue weighted by molar-refractivity contribution is -0.122. The molecule has 3 N–H and O–H groups in total. The summed E-state index contributed by atoms with van der Waals surface area (Å²) in [6.45, 7) is 6.09. The first-order valence-electron chi connectivity index (χ1n) is 10.3. The second-order valence-corrected chi connectivity index (χ2v) is 7.96. The zero-order valence-electron chi connectivity index (χ0n) is 17.0. The van der Waals surface area contributed by atoms with Crippen molar-refractivity contribution in [2.24, 2.45) is 0 Å². The molecule has 0 spiro atoms. The van der Waals surface area contributed by atoms with E-state index < -0.39 is 0 Å². The molecule has 2 aliphatic heterocycles. The Morgan fingerprint density at radius 1 is 1.00 bits per heavy atom. The van der Waals surface area contributed by atoms with Crippen molar-refractivity contribution in [3.8, 4) is 0 Å². The third-order valence-corrected chi connectivity index (χ3v) is 5.72. The Morgan fingerprint density at radius 3 is 2.36 bits per heavy atom. The molecule has 2 aliphatic rings. The molecule has 2 fully saturated rings. The minimum atomic E-state index is -0.0690. The molecule has 7 heteroatoms. The van der Waals surface area contributed by atoms with Crippen LogP contribution < -0.4 is 20.9 Å². The molecular formula is C21H33N5O2. The van der Waals surface area contributed by atoms with Crippen molar-refractivity contribution in [1.29, 1.82) is 0 Å². The van der Waals surface area contributed by atoms with Gasteiger partial charge < -0.3 is 20.9 Å². The van der Waals surface area contributed by atoms with Crippen LogP contribution in [0.5, 0.6) is 0 Å². The Labute approximate surface area is 167 Å². The number of benzene rings is 1. The number of aryl methyl sites for hydroxylation is 1. The van der Waals surface area contributed by atoms with Crippen LogP contribution in [-0.4, -0.2) is 68.7 Å². The molecular weight excluding hydrogens is 354 g/mol. The molecule has 3 rings (SSSR count). The number of piperidine rings is 2. The lowest BCUT2D eigenvalue weighted by Gasteiger charge is -2.36. The van der Waals surface area contributed by atoms with Gasteiger partial charge in [0, 0.05) is 51.0 Å². The summed E-state index contributed by atoms with van der Waals surface area (Å²) in [5.41, 5.74) is 2.48. The lowest BCUT2D eigenvalue weighted by Crippen LogP contribution is -2.54. The number of hydrogen-bond acceptors (Lipinski definition) is 4. The van der Waals surface area contributed by atoms with E-state index in [-0.39, 0.29) is 24.0 Å². The number of anilines is 1. The first kappa shape index (κ1) is 20.5. The summed E-state index contributed by atoms with van der Waals surface area (Å²) < 4.78 is 0. The van der Waals surface area contributed by atoms with Gasteiger partial charge in [0.15, 0.2) is 0 Å². The van der Waals surface area contributed by atoms with Gasteiger partial charge in [-0.15, -0.1) is 0 Å². The SMILES string of the molecule is CNC(=O)CN1CCC(NC(=O)NC2CCCN(c3ccc(C)cc3)C2)CC1. The van der Waals surface area contributed by atoms with Crippen LogP contribution in [0.15, 0.2) is 24.3 Å². The van der Waals surface area contributed by atoms with E-state index in [1.807, 2.05) is 0 Å². The lowest BCUT2D eigenvalue weighted by atomic mass is 10.0. The number of carbonyl (C=O) groups excluding carboxylic acids is 2. The highest BCUT2D eigenvalue weighted by Gasteiger charge is 2.25. The summed E-state index contributed by atoms with van der Waals surface area (Å²) in [5, 5.41) is 8.94. The van der Waals surface area contributed by atoms with Crippen LogP contribution in [-0.2, 0) is 4.79 Å². The summed E-state index contributed by atoms with van der Waals surface area (Å²) in [4.78, 5) is 28.4. The van der Waals surface area contributed by atoms with Gasteiger partial charge in [-0.1, -0.05) is 17.7 Å². The maximum atomic E-state index is 12.5. The van der Waals surface area contributed by atoms with E-state index in [1.54, 1.807) is 7.05 Å². The molecule has 1 aromatic carbocycles. The fraction of sp³-hybridized carbons (Fsp3) is 0.619. The zero-order chi connectivity index (χ0) is 19.9. The van der Waals surface area contributed by atoms with Crippen molar-refractivity contribution in [3.63, 3.8) is 0 Å². The van der Waals surface area contributed by atoms with E-state index in [0.717, 1.165) is 51.9 Å². The molecule has 0 bridgehead atoms. The van der Waals surface area contributed by atoms with Crippen LogP contribution in [0.1, 0.15) is 31.2 Å². The van der Waals surface area contributed by atoms with Crippen molar-refractivity contribution in [2.75, 3.05) is 44.7 Å². The van der Waals surface area contributed by atoms with Crippen molar-refractivity contribution in [3.05, 3.63) is 29.8 Å². The number of nitrogens with one attached hydrogen (secondary N) is 3. The van der Waals surface area contributed by atoms with Crippen LogP contribution >= 0.6 is 0 Å². The minimum Gasteiger partial charge on any atom is -0.369 e. The predicted molar refractivity (Wildman–Crippen MR) is 112 cm³/mol. The summed E-state index contributed by atoms with van der Waals surface area (Å²) in [5.74, 6) is 0.0413. The molecule has 28 heavy (non-hydrogen) atoms. The van der Waals surface area contributed by atoms with Gasteiger partial charge in [0.1, 0.15) is 0 Å². The van der Waals surface area contributed by atoms with Crippen molar-refractivity contribution in [2.45, 2.75) is 44.7 Å². The Kier molecular flexibility index (Phi) is 7.14. The van der Waals surface area contributed by atoms with E-state index in [1.165, 1.54) is 11.3 Å². The summed E-state index contributed by atoms with van der Waals surface area (Å²) in [6.07, 6.45) is 3.85. The van der Waals surface area contributed by atoms with Gasteiger partial charge in [-0.2, -0.15) is 0 Å². The molecule has 7 nitrogen and oxygen atoms in total. The molecule has 154 valence electrons. The van der Waals surface area contributed by atoms with Crippen molar-refractivity contribution in [1.82, 2.24) is 20.9 Å². The van der Waals surface area contributed by atoms with E-state index in [0.29, 0.717) is 6.54 Å². The first-order valence-corrected chi connectivity index (χ1v) is 10.3. The van der Waals surface area contributed by atoms with E-state index in [9.17, 15) is 9.59 Å². The molecule has 0 saturated carbocycles.